The zero-order chi connectivity index (χ0) is 22.7. The summed E-state index contributed by atoms with van der Waals surface area (Å²) in [6.07, 6.45) is 1.46. The third kappa shape index (κ3) is 4.46. The lowest BCUT2D eigenvalue weighted by Gasteiger charge is -2.18. The van der Waals surface area contributed by atoms with E-state index in [9.17, 15) is 14.4 Å². The van der Waals surface area contributed by atoms with Crippen LogP contribution in [0.1, 0.15) is 48.5 Å². The van der Waals surface area contributed by atoms with Gasteiger partial charge in [0, 0.05) is 0 Å². The largest absolute Gasteiger partial charge is 0.495 e. The lowest BCUT2D eigenvalue weighted by Crippen LogP contribution is -2.33. The van der Waals surface area contributed by atoms with E-state index in [-0.39, 0.29) is 17.6 Å². The van der Waals surface area contributed by atoms with E-state index < -0.39 is 12.0 Å². The normalized spacial score (nSPS) is 12.1. The average Bonchev–Trinajstić information content (AvgIpc) is 3.07. The number of fused-ring (bicyclic) bond motifs is 1. The molecule has 0 aliphatic rings. The topological polar surface area (TPSA) is 99.5 Å². The fourth-order valence-electron chi connectivity index (χ4n) is 3.29. The Morgan fingerprint density at radius 3 is 2.61 bits per heavy atom. The molecule has 1 amide bonds. The molecule has 0 aliphatic heterocycles. The first-order valence-electron chi connectivity index (χ1n) is 9.93. The maximum atomic E-state index is 13.3. The number of hydrogen-bond donors (Lipinski definition) is 1. The molecule has 0 aliphatic carbocycles. The second-order valence-electron chi connectivity index (χ2n) is 7.26. The highest BCUT2D eigenvalue weighted by atomic mass is 32.1. The maximum Gasteiger partial charge on any atom is 0.348 e. The Kier molecular flexibility index (Phi) is 6.74. The first kappa shape index (κ1) is 22.5. The van der Waals surface area contributed by atoms with E-state index in [1.807, 2.05) is 6.92 Å². The van der Waals surface area contributed by atoms with Crippen LogP contribution in [0.4, 0.5) is 5.69 Å². The van der Waals surface area contributed by atoms with Crippen molar-refractivity contribution in [2.75, 3.05) is 12.4 Å². The molecule has 1 N–H and O–H groups in total. The lowest BCUT2D eigenvalue weighted by atomic mass is 10.1. The Morgan fingerprint density at radius 1 is 1.26 bits per heavy atom. The van der Waals surface area contributed by atoms with Crippen LogP contribution in [0.5, 0.6) is 5.75 Å². The van der Waals surface area contributed by atoms with Crippen LogP contribution in [-0.2, 0) is 9.53 Å². The Hall–Kier alpha value is -3.20. The molecule has 2 heterocycles. The van der Waals surface area contributed by atoms with Gasteiger partial charge in [0.05, 0.1) is 30.6 Å². The molecule has 0 bridgehead atoms. The van der Waals surface area contributed by atoms with E-state index in [1.54, 1.807) is 45.0 Å². The number of hydrogen-bond acceptors (Lipinski definition) is 7. The molecule has 0 saturated carbocycles. The molecule has 31 heavy (non-hydrogen) atoms. The molecule has 0 saturated heterocycles. The number of para-hydroxylation sites is 2. The quantitative estimate of drug-likeness (QED) is 0.556. The molecular formula is C22H25N3O5S. The zero-order valence-electron chi connectivity index (χ0n) is 18.1. The number of ether oxygens (including phenoxy) is 2. The molecule has 0 radical (unpaired) electrons. The second kappa shape index (κ2) is 9.30. The number of nitrogens with zero attached hydrogens (tertiary/aromatic N) is 2. The number of thiophene rings is 1. The van der Waals surface area contributed by atoms with Crippen LogP contribution >= 0.6 is 11.3 Å². The molecule has 0 spiro atoms. The van der Waals surface area contributed by atoms with Crippen LogP contribution in [0.15, 0.2) is 35.4 Å². The van der Waals surface area contributed by atoms with Gasteiger partial charge in [-0.3, -0.25) is 14.2 Å². The van der Waals surface area contributed by atoms with Crippen molar-refractivity contribution in [3.05, 3.63) is 51.4 Å². The van der Waals surface area contributed by atoms with Gasteiger partial charge in [0.25, 0.3) is 5.56 Å². The standard InChI is InChI=1S/C22H25N3O5S/c1-6-15(19(26)24-14-9-7-8-10-16(14)29-5)25-11-23-20-17(21(25)27)13(4)18(31-20)22(28)30-12(2)3/h7-12,15H,6H2,1-5H3,(H,24,26). The molecule has 8 nitrogen and oxygen atoms in total. The van der Waals surface area contributed by atoms with E-state index in [2.05, 4.69) is 10.3 Å². The monoisotopic (exact) mass is 443 g/mol. The van der Waals surface area contributed by atoms with Gasteiger partial charge in [-0.1, -0.05) is 19.1 Å². The van der Waals surface area contributed by atoms with Crippen LogP contribution in [0, 0.1) is 6.92 Å². The highest BCUT2D eigenvalue weighted by molar-refractivity contribution is 7.20. The highest BCUT2D eigenvalue weighted by Gasteiger charge is 2.25. The third-order valence-electron chi connectivity index (χ3n) is 4.79. The number of esters is 1. The molecule has 2 aromatic heterocycles. The first-order chi connectivity index (χ1) is 14.8. The van der Waals surface area contributed by atoms with Gasteiger partial charge in [0.1, 0.15) is 21.5 Å². The van der Waals surface area contributed by atoms with Crippen LogP contribution in [-0.4, -0.2) is 34.6 Å². The Bertz CT molecular complexity index is 1180. The predicted molar refractivity (Wildman–Crippen MR) is 120 cm³/mol. The van der Waals surface area contributed by atoms with Crippen LogP contribution in [0.3, 0.4) is 0 Å². The fraction of sp³-hybridized carbons (Fsp3) is 0.364. The minimum atomic E-state index is -0.778. The Morgan fingerprint density at radius 2 is 1.97 bits per heavy atom. The summed E-state index contributed by atoms with van der Waals surface area (Å²) in [5.41, 5.74) is 0.655. The van der Waals surface area contributed by atoms with Crippen molar-refractivity contribution in [3.8, 4) is 5.75 Å². The number of aryl methyl sites for hydroxylation is 1. The lowest BCUT2D eigenvalue weighted by molar-refractivity contribution is -0.119. The van der Waals surface area contributed by atoms with Crippen molar-refractivity contribution < 1.29 is 19.1 Å². The molecule has 1 aromatic carbocycles. The van der Waals surface area contributed by atoms with Crippen LogP contribution in [0.2, 0.25) is 0 Å². The molecule has 164 valence electrons. The average molecular weight is 444 g/mol. The van der Waals surface area contributed by atoms with Gasteiger partial charge >= 0.3 is 5.97 Å². The number of amides is 1. The number of benzene rings is 1. The van der Waals surface area contributed by atoms with E-state index in [4.69, 9.17) is 9.47 Å². The fourth-order valence-corrected chi connectivity index (χ4v) is 4.32. The van der Waals surface area contributed by atoms with Crippen LogP contribution < -0.4 is 15.6 Å². The smallest absolute Gasteiger partial charge is 0.348 e. The van der Waals surface area contributed by atoms with Crippen molar-refractivity contribution in [1.29, 1.82) is 0 Å². The number of carbonyl (C=O) groups excluding carboxylic acids is 2. The predicted octanol–water partition coefficient (Wildman–Crippen LogP) is 3.93. The minimum Gasteiger partial charge on any atom is -0.495 e. The van der Waals surface area contributed by atoms with Crippen molar-refractivity contribution in [2.24, 2.45) is 0 Å². The number of carbonyl (C=O) groups is 2. The van der Waals surface area contributed by atoms with Gasteiger partial charge in [-0.25, -0.2) is 9.78 Å². The summed E-state index contributed by atoms with van der Waals surface area (Å²) in [6, 6.07) is 6.27. The molecule has 1 atom stereocenters. The Labute approximate surface area is 183 Å². The molecule has 0 fully saturated rings. The van der Waals surface area contributed by atoms with Crippen LogP contribution in [0.25, 0.3) is 10.2 Å². The number of methoxy groups -OCH3 is 1. The number of nitrogens with one attached hydrogen (secondary N) is 1. The van der Waals surface area contributed by atoms with E-state index >= 15 is 0 Å². The summed E-state index contributed by atoms with van der Waals surface area (Å²) >= 11 is 1.12. The molecule has 9 heteroatoms. The number of anilines is 1. The molecule has 1 unspecified atom stereocenters. The van der Waals surface area contributed by atoms with Crippen molar-refractivity contribution in [2.45, 2.75) is 46.3 Å². The van der Waals surface area contributed by atoms with Crippen molar-refractivity contribution >= 4 is 39.1 Å². The van der Waals surface area contributed by atoms with Gasteiger partial charge < -0.3 is 14.8 Å². The summed E-state index contributed by atoms with van der Waals surface area (Å²) in [5, 5.41) is 3.15. The van der Waals surface area contributed by atoms with Gasteiger partial charge in [-0.2, -0.15) is 0 Å². The number of rotatable bonds is 7. The van der Waals surface area contributed by atoms with Crippen molar-refractivity contribution in [1.82, 2.24) is 9.55 Å². The van der Waals surface area contributed by atoms with Gasteiger partial charge in [0.2, 0.25) is 5.91 Å². The van der Waals surface area contributed by atoms with E-state index in [0.29, 0.717) is 38.5 Å². The molecular weight excluding hydrogens is 418 g/mol. The van der Waals surface area contributed by atoms with Gasteiger partial charge in [-0.05, 0) is 44.9 Å². The Balaban J connectivity index is 1.99. The summed E-state index contributed by atoms with van der Waals surface area (Å²) in [4.78, 5) is 43.8. The summed E-state index contributed by atoms with van der Waals surface area (Å²) < 4.78 is 11.9. The summed E-state index contributed by atoms with van der Waals surface area (Å²) in [6.45, 7) is 7.03. The highest BCUT2D eigenvalue weighted by Crippen LogP contribution is 2.29. The number of aromatic nitrogens is 2. The maximum absolute atomic E-state index is 13.3. The van der Waals surface area contributed by atoms with Crippen molar-refractivity contribution in [3.63, 3.8) is 0 Å². The summed E-state index contributed by atoms with van der Waals surface area (Å²) in [5.74, 6) is -0.321. The van der Waals surface area contributed by atoms with E-state index in [0.717, 1.165) is 11.3 Å². The molecule has 3 aromatic rings. The first-order valence-corrected chi connectivity index (χ1v) is 10.7. The molecule has 3 rings (SSSR count). The van der Waals surface area contributed by atoms with Gasteiger partial charge in [-0.15, -0.1) is 11.3 Å². The van der Waals surface area contributed by atoms with Gasteiger partial charge in [0.15, 0.2) is 0 Å². The van der Waals surface area contributed by atoms with E-state index in [1.165, 1.54) is 18.0 Å². The summed E-state index contributed by atoms with van der Waals surface area (Å²) in [7, 11) is 1.52. The zero-order valence-corrected chi connectivity index (χ0v) is 18.9. The second-order valence-corrected chi connectivity index (χ2v) is 8.26. The SMILES string of the molecule is CCC(C(=O)Nc1ccccc1OC)n1cnc2sc(C(=O)OC(C)C)c(C)c2c1=O. The minimum absolute atomic E-state index is 0.273. The third-order valence-corrected chi connectivity index (χ3v) is 5.97.